The largest absolute Gasteiger partial charge is 0.482 e. The van der Waals surface area contributed by atoms with Crippen molar-refractivity contribution in [3.05, 3.63) is 29.3 Å². The Hall–Kier alpha value is -1.55. The number of carbonyl (C=O) groups excluding carboxylic acids is 1. The van der Waals surface area contributed by atoms with E-state index in [0.29, 0.717) is 10.8 Å². The molecule has 0 amide bonds. The molecule has 1 aliphatic rings. The van der Waals surface area contributed by atoms with Crippen molar-refractivity contribution in [2.45, 2.75) is 32.1 Å². The highest BCUT2D eigenvalue weighted by atomic mass is 35.5. The van der Waals surface area contributed by atoms with Crippen molar-refractivity contribution in [2.75, 3.05) is 6.61 Å². The lowest BCUT2D eigenvalue weighted by molar-refractivity contribution is -0.146. The third-order valence-corrected chi connectivity index (χ3v) is 3.13. The number of benzene rings is 1. The zero-order chi connectivity index (χ0) is 13.5. The van der Waals surface area contributed by atoms with Crippen LogP contribution in [0.1, 0.15) is 32.1 Å². The van der Waals surface area contributed by atoms with E-state index in [-0.39, 0.29) is 6.61 Å². The van der Waals surface area contributed by atoms with Gasteiger partial charge in [-0.15, -0.1) is 0 Å². The Morgan fingerprint density at radius 2 is 1.84 bits per heavy atom. The zero-order valence-corrected chi connectivity index (χ0v) is 11.4. The molecule has 0 unspecified atom stereocenters. The van der Waals surface area contributed by atoms with E-state index in [0.717, 1.165) is 31.4 Å². The molecule has 0 radical (unpaired) electrons. The lowest BCUT2D eigenvalue weighted by atomic mass is 9.99. The van der Waals surface area contributed by atoms with Crippen LogP contribution in [0.2, 0.25) is 5.02 Å². The summed E-state index contributed by atoms with van der Waals surface area (Å²) < 4.78 is 5.26. The summed E-state index contributed by atoms with van der Waals surface area (Å²) in [6.07, 6.45) is 5.32. The summed E-state index contributed by atoms with van der Waals surface area (Å²) in [5, 5.41) is 4.50. The average Bonchev–Trinajstić information content (AvgIpc) is 2.45. The van der Waals surface area contributed by atoms with Gasteiger partial charge in [-0.05, 0) is 49.9 Å². The van der Waals surface area contributed by atoms with E-state index in [1.807, 2.05) is 0 Å². The van der Waals surface area contributed by atoms with E-state index in [4.69, 9.17) is 21.2 Å². The quantitative estimate of drug-likeness (QED) is 0.626. The van der Waals surface area contributed by atoms with E-state index < -0.39 is 5.97 Å². The molecule has 0 spiro atoms. The lowest BCUT2D eigenvalue weighted by Crippen LogP contribution is -2.14. The number of hydrogen-bond donors (Lipinski definition) is 0. The molecule has 1 saturated carbocycles. The van der Waals surface area contributed by atoms with Crippen LogP contribution in [0.25, 0.3) is 0 Å². The number of nitrogens with zero attached hydrogens (tertiary/aromatic N) is 1. The highest BCUT2D eigenvalue weighted by Crippen LogP contribution is 2.16. The van der Waals surface area contributed by atoms with Gasteiger partial charge >= 0.3 is 5.97 Å². The third-order valence-electron chi connectivity index (χ3n) is 2.88. The fraction of sp³-hybridized carbons (Fsp3) is 0.429. The van der Waals surface area contributed by atoms with Gasteiger partial charge in [-0.1, -0.05) is 23.2 Å². The van der Waals surface area contributed by atoms with E-state index in [2.05, 4.69) is 5.16 Å². The highest BCUT2D eigenvalue weighted by Gasteiger charge is 2.09. The van der Waals surface area contributed by atoms with E-state index in [9.17, 15) is 4.79 Å². The van der Waals surface area contributed by atoms with Gasteiger partial charge in [0.15, 0.2) is 6.61 Å². The molecule has 0 heterocycles. The first-order valence-electron chi connectivity index (χ1n) is 6.38. The summed E-state index contributed by atoms with van der Waals surface area (Å²) in [5.41, 5.74) is 0.964. The van der Waals surface area contributed by atoms with Crippen LogP contribution in [0.3, 0.4) is 0 Å². The van der Waals surface area contributed by atoms with E-state index in [1.165, 1.54) is 6.42 Å². The smallest absolute Gasteiger partial charge is 0.372 e. The summed E-state index contributed by atoms with van der Waals surface area (Å²) in [7, 11) is 0. The van der Waals surface area contributed by atoms with Gasteiger partial charge in [-0.2, -0.15) is 0 Å². The first kappa shape index (κ1) is 13.9. The molecule has 0 aliphatic heterocycles. The van der Waals surface area contributed by atoms with Gasteiger partial charge in [0.25, 0.3) is 0 Å². The molecule has 1 aromatic rings. The van der Waals surface area contributed by atoms with Crippen LogP contribution in [-0.2, 0) is 9.63 Å². The Morgan fingerprint density at radius 1 is 1.16 bits per heavy atom. The second kappa shape index (κ2) is 7.14. The third kappa shape index (κ3) is 4.91. The minimum atomic E-state index is -0.493. The summed E-state index contributed by atoms with van der Waals surface area (Å²) in [4.78, 5) is 16.3. The van der Waals surface area contributed by atoms with Gasteiger partial charge < -0.3 is 9.57 Å². The normalized spacial score (nSPS) is 14.9. The topological polar surface area (TPSA) is 47.9 Å². The van der Waals surface area contributed by atoms with Crippen LogP contribution < -0.4 is 4.74 Å². The van der Waals surface area contributed by atoms with Crippen molar-refractivity contribution < 1.29 is 14.4 Å². The molecule has 102 valence electrons. The van der Waals surface area contributed by atoms with Crippen molar-refractivity contribution in [1.29, 1.82) is 0 Å². The summed E-state index contributed by atoms with van der Waals surface area (Å²) in [6, 6.07) is 6.79. The number of ether oxygens (including phenoxy) is 1. The molecular weight excluding hydrogens is 266 g/mol. The van der Waals surface area contributed by atoms with Gasteiger partial charge in [0.1, 0.15) is 5.75 Å². The fourth-order valence-corrected chi connectivity index (χ4v) is 1.99. The molecule has 1 fully saturated rings. The van der Waals surface area contributed by atoms with Crippen molar-refractivity contribution in [1.82, 2.24) is 0 Å². The van der Waals surface area contributed by atoms with Crippen molar-refractivity contribution in [3.8, 4) is 5.75 Å². The molecule has 0 N–H and O–H groups in total. The van der Waals surface area contributed by atoms with Crippen LogP contribution in [0.4, 0.5) is 0 Å². The molecular formula is C14H16ClNO3. The maximum atomic E-state index is 11.4. The van der Waals surface area contributed by atoms with E-state index in [1.54, 1.807) is 24.3 Å². The first-order valence-corrected chi connectivity index (χ1v) is 6.76. The minimum absolute atomic E-state index is 0.154. The first-order chi connectivity index (χ1) is 9.24. The molecule has 0 aromatic heterocycles. The van der Waals surface area contributed by atoms with Crippen LogP contribution >= 0.6 is 11.6 Å². The molecule has 1 aromatic carbocycles. The minimum Gasteiger partial charge on any atom is -0.482 e. The highest BCUT2D eigenvalue weighted by molar-refractivity contribution is 6.30. The summed E-state index contributed by atoms with van der Waals surface area (Å²) in [5.74, 6) is 0.0830. The Bertz CT molecular complexity index is 448. The van der Waals surface area contributed by atoms with Crippen LogP contribution in [0.5, 0.6) is 5.75 Å². The van der Waals surface area contributed by atoms with Crippen molar-refractivity contribution in [3.63, 3.8) is 0 Å². The standard InChI is InChI=1S/C14H16ClNO3/c15-11-6-8-13(9-7-11)18-10-14(17)19-16-12-4-2-1-3-5-12/h6-9H,1-5,10H2. The average molecular weight is 282 g/mol. The lowest BCUT2D eigenvalue weighted by Gasteiger charge is -2.11. The summed E-state index contributed by atoms with van der Waals surface area (Å²) >= 11 is 5.75. The molecule has 4 nitrogen and oxygen atoms in total. The van der Waals surface area contributed by atoms with Gasteiger partial charge in [-0.25, -0.2) is 4.79 Å². The maximum Gasteiger partial charge on any atom is 0.372 e. The Kier molecular flexibility index (Phi) is 5.21. The molecule has 0 bridgehead atoms. The number of oxime groups is 1. The van der Waals surface area contributed by atoms with E-state index >= 15 is 0 Å². The van der Waals surface area contributed by atoms with Gasteiger partial charge in [0, 0.05) is 5.02 Å². The van der Waals surface area contributed by atoms with Gasteiger partial charge in [-0.3, -0.25) is 0 Å². The Balaban J connectivity index is 1.73. The van der Waals surface area contributed by atoms with Crippen molar-refractivity contribution >= 4 is 23.3 Å². The molecule has 0 saturated heterocycles. The predicted octanol–water partition coefficient (Wildman–Crippen LogP) is 3.58. The summed E-state index contributed by atoms with van der Waals surface area (Å²) in [6.45, 7) is -0.154. The number of hydrogen-bond acceptors (Lipinski definition) is 4. The fourth-order valence-electron chi connectivity index (χ4n) is 1.87. The second-order valence-corrected chi connectivity index (χ2v) is 4.86. The molecule has 0 atom stereocenters. The van der Waals surface area contributed by atoms with Crippen LogP contribution in [0, 0.1) is 0 Å². The monoisotopic (exact) mass is 281 g/mol. The van der Waals surface area contributed by atoms with Crippen LogP contribution in [0.15, 0.2) is 29.4 Å². The molecule has 1 aliphatic carbocycles. The van der Waals surface area contributed by atoms with Gasteiger partial charge in [0.2, 0.25) is 0 Å². The Morgan fingerprint density at radius 3 is 2.53 bits per heavy atom. The van der Waals surface area contributed by atoms with Gasteiger partial charge in [0.05, 0.1) is 5.71 Å². The molecule has 2 rings (SSSR count). The Labute approximate surface area is 117 Å². The SMILES string of the molecule is O=C(COc1ccc(Cl)cc1)ON=C1CCCCC1. The van der Waals surface area contributed by atoms with Crippen LogP contribution in [-0.4, -0.2) is 18.3 Å². The van der Waals surface area contributed by atoms with Crippen molar-refractivity contribution in [2.24, 2.45) is 5.16 Å². The predicted molar refractivity (Wildman–Crippen MR) is 73.6 cm³/mol. The number of carbonyl (C=O) groups is 1. The zero-order valence-electron chi connectivity index (χ0n) is 10.6. The second-order valence-electron chi connectivity index (χ2n) is 4.42. The maximum absolute atomic E-state index is 11.4. The molecule has 5 heteroatoms. The number of rotatable bonds is 4. The number of halogens is 1. The molecule has 19 heavy (non-hydrogen) atoms.